The van der Waals surface area contributed by atoms with Crippen molar-refractivity contribution >= 4 is 57.1 Å². The van der Waals surface area contributed by atoms with Gasteiger partial charge in [-0.1, -0.05) is 0 Å². The summed E-state index contributed by atoms with van der Waals surface area (Å²) in [5.74, 6) is -0.262. The van der Waals surface area contributed by atoms with Crippen LogP contribution in [0.15, 0.2) is 12.1 Å². The second-order valence-electron chi connectivity index (χ2n) is 7.37. The van der Waals surface area contributed by atoms with Gasteiger partial charge in [0.1, 0.15) is 24.7 Å². The highest BCUT2D eigenvalue weighted by atomic mass is 127. The van der Waals surface area contributed by atoms with Crippen LogP contribution < -0.4 is 9.47 Å². The maximum atomic E-state index is 10.4. The van der Waals surface area contributed by atoms with E-state index >= 15 is 0 Å². The second kappa shape index (κ2) is 23.8. The lowest BCUT2D eigenvalue weighted by atomic mass is 10.3. The van der Waals surface area contributed by atoms with Gasteiger partial charge in [-0.3, -0.25) is 9.59 Å². The third kappa shape index (κ3) is 20.0. The minimum Gasteiger partial charge on any atom is -0.490 e. The van der Waals surface area contributed by atoms with E-state index in [2.05, 4.69) is 45.2 Å². The molecule has 1 rings (SSSR count). The van der Waals surface area contributed by atoms with Gasteiger partial charge in [-0.15, -0.1) is 0 Å². The normalized spacial score (nSPS) is 11.0. The average Bonchev–Trinajstić information content (AvgIpc) is 2.87. The molecule has 0 aliphatic heterocycles. The molecule has 0 bridgehead atoms. The van der Waals surface area contributed by atoms with Crippen LogP contribution in [0.25, 0.3) is 0 Å². The number of hydrogen-bond acceptors (Lipinski definition) is 10. The van der Waals surface area contributed by atoms with Crippen molar-refractivity contribution in [2.24, 2.45) is 0 Å². The molecule has 0 fully saturated rings. The molecule has 0 spiro atoms. The number of benzene rings is 1. The van der Waals surface area contributed by atoms with Crippen LogP contribution in [0.4, 0.5) is 0 Å². The largest absolute Gasteiger partial charge is 0.490 e. The molecule has 0 saturated heterocycles. The average molecular weight is 770 g/mol. The highest BCUT2D eigenvalue weighted by Gasteiger charge is 2.09. The maximum absolute atomic E-state index is 10.4. The van der Waals surface area contributed by atoms with E-state index in [9.17, 15) is 9.59 Å². The van der Waals surface area contributed by atoms with Gasteiger partial charge in [0.05, 0.1) is 99.3 Å². The molecular weight excluding hydrogens is 734 g/mol. The van der Waals surface area contributed by atoms with E-state index < -0.39 is 11.9 Å². The molecular formula is C24H36I2O12. The number of aliphatic carboxylic acids is 2. The Morgan fingerprint density at radius 2 is 0.763 bits per heavy atom. The molecule has 0 heterocycles. The lowest BCUT2D eigenvalue weighted by Gasteiger charge is -2.13. The fourth-order valence-corrected chi connectivity index (χ4v) is 3.74. The fourth-order valence-electron chi connectivity index (χ4n) is 2.56. The molecule has 38 heavy (non-hydrogen) atoms. The Bertz CT molecular complexity index is 717. The molecule has 0 amide bonds. The lowest BCUT2D eigenvalue weighted by Crippen LogP contribution is -2.14. The molecule has 0 aliphatic carbocycles. The molecule has 0 atom stereocenters. The van der Waals surface area contributed by atoms with Crippen LogP contribution in [-0.4, -0.2) is 115 Å². The summed E-state index contributed by atoms with van der Waals surface area (Å²) >= 11 is 4.39. The number of halogens is 2. The summed E-state index contributed by atoms with van der Waals surface area (Å²) in [6.45, 7) is 5.18. The number of carbonyl (C=O) groups is 2. The molecule has 218 valence electrons. The first-order valence-electron chi connectivity index (χ1n) is 12.0. The van der Waals surface area contributed by atoms with Gasteiger partial charge in [0.2, 0.25) is 0 Å². The lowest BCUT2D eigenvalue weighted by molar-refractivity contribution is -0.139. The molecule has 14 heteroatoms. The van der Waals surface area contributed by atoms with Gasteiger partial charge >= 0.3 is 11.9 Å². The van der Waals surface area contributed by atoms with Crippen molar-refractivity contribution in [3.63, 3.8) is 0 Å². The number of rotatable bonds is 26. The zero-order valence-electron chi connectivity index (χ0n) is 21.2. The summed E-state index contributed by atoms with van der Waals surface area (Å²) in [5, 5.41) is 17.0. The Kier molecular flexibility index (Phi) is 22.0. The Morgan fingerprint density at radius 3 is 1.05 bits per heavy atom. The third-order valence-electron chi connectivity index (χ3n) is 4.37. The van der Waals surface area contributed by atoms with Gasteiger partial charge in [0.25, 0.3) is 0 Å². The van der Waals surface area contributed by atoms with Crippen molar-refractivity contribution in [3.05, 3.63) is 19.3 Å². The molecule has 12 nitrogen and oxygen atoms in total. The molecule has 2 N–H and O–H groups in total. The summed E-state index contributed by atoms with van der Waals surface area (Å²) in [7, 11) is 0. The number of hydrogen-bond donors (Lipinski definition) is 2. The Hall–Kier alpha value is -1.02. The zero-order valence-corrected chi connectivity index (χ0v) is 25.5. The first-order valence-corrected chi connectivity index (χ1v) is 14.2. The third-order valence-corrected chi connectivity index (χ3v) is 6.05. The summed E-state index contributed by atoms with van der Waals surface area (Å²) in [6.07, 6.45) is -0.0246. The monoisotopic (exact) mass is 770 g/mol. The topological polar surface area (TPSA) is 148 Å². The first kappa shape index (κ1) is 35.0. The van der Waals surface area contributed by atoms with Gasteiger partial charge in [-0.2, -0.15) is 0 Å². The van der Waals surface area contributed by atoms with Gasteiger partial charge in [-0.25, -0.2) is 0 Å². The number of carboxylic acid groups (broad SMARTS) is 2. The minimum absolute atomic E-state index is 0.0123. The highest BCUT2D eigenvalue weighted by Crippen LogP contribution is 2.31. The molecule has 0 saturated carbocycles. The standard InChI is InChI=1S/C24H36I2O12/c25-19-18-22(38-16-14-36-12-10-34-8-6-32-4-2-24(29)30)20(26)17-21(19)37-15-13-35-11-9-33-7-5-31-3-1-23(27)28/h17-18H,1-16H2,(H,27,28)(H,29,30). The highest BCUT2D eigenvalue weighted by molar-refractivity contribution is 14.1. The molecule has 0 aromatic heterocycles. The smallest absolute Gasteiger partial charge is 0.305 e. The van der Waals surface area contributed by atoms with E-state index in [-0.39, 0.29) is 26.1 Å². The van der Waals surface area contributed by atoms with E-state index in [1.54, 1.807) is 0 Å². The van der Waals surface area contributed by atoms with Gasteiger partial charge < -0.3 is 48.1 Å². The van der Waals surface area contributed by atoms with Gasteiger partial charge in [0, 0.05) is 0 Å². The second-order valence-corrected chi connectivity index (χ2v) is 9.70. The molecule has 1 aromatic rings. The van der Waals surface area contributed by atoms with Crippen LogP contribution in [0.1, 0.15) is 12.8 Å². The molecule has 0 aliphatic rings. The predicted octanol–water partition coefficient (Wildman–Crippen LogP) is 2.70. The molecule has 0 unspecified atom stereocenters. The van der Waals surface area contributed by atoms with E-state index in [4.69, 9.17) is 48.1 Å². The number of ether oxygens (including phenoxy) is 8. The Morgan fingerprint density at radius 1 is 0.500 bits per heavy atom. The van der Waals surface area contributed by atoms with E-state index in [1.807, 2.05) is 12.1 Å². The number of carboxylic acids is 2. The minimum atomic E-state index is -0.882. The van der Waals surface area contributed by atoms with Crippen LogP contribution in [0.2, 0.25) is 0 Å². The van der Waals surface area contributed by atoms with Crippen molar-refractivity contribution in [1.82, 2.24) is 0 Å². The summed E-state index contributed by atoms with van der Waals surface area (Å²) in [6, 6.07) is 3.83. The summed E-state index contributed by atoms with van der Waals surface area (Å²) < 4.78 is 45.4. The molecule has 1 aromatic carbocycles. The summed E-state index contributed by atoms with van der Waals surface area (Å²) in [4.78, 5) is 20.7. The van der Waals surface area contributed by atoms with Gasteiger partial charge in [-0.05, 0) is 57.3 Å². The van der Waals surface area contributed by atoms with Crippen LogP contribution in [0, 0.1) is 7.14 Å². The Balaban J connectivity index is 2.03. The van der Waals surface area contributed by atoms with E-state index in [0.29, 0.717) is 79.3 Å². The molecule has 0 radical (unpaired) electrons. The zero-order chi connectivity index (χ0) is 27.8. The van der Waals surface area contributed by atoms with Crippen molar-refractivity contribution in [1.29, 1.82) is 0 Å². The van der Waals surface area contributed by atoms with Crippen LogP contribution in [0.5, 0.6) is 11.5 Å². The van der Waals surface area contributed by atoms with Crippen molar-refractivity contribution in [3.8, 4) is 11.5 Å². The van der Waals surface area contributed by atoms with Gasteiger partial charge in [0.15, 0.2) is 0 Å². The van der Waals surface area contributed by atoms with Crippen LogP contribution in [-0.2, 0) is 38.0 Å². The maximum Gasteiger partial charge on any atom is 0.305 e. The summed E-state index contributed by atoms with van der Waals surface area (Å²) in [5.41, 5.74) is 0. The van der Waals surface area contributed by atoms with E-state index in [0.717, 1.165) is 18.6 Å². The van der Waals surface area contributed by atoms with Crippen molar-refractivity contribution in [2.75, 3.05) is 92.5 Å². The quantitative estimate of drug-likeness (QED) is 0.106. The van der Waals surface area contributed by atoms with Crippen molar-refractivity contribution in [2.45, 2.75) is 12.8 Å². The van der Waals surface area contributed by atoms with E-state index in [1.165, 1.54) is 0 Å². The SMILES string of the molecule is O=C(O)CCOCCOCCOCCOc1cc(I)c(OCCOCCOCCOCCC(=O)O)cc1I. The Labute approximate surface area is 249 Å². The van der Waals surface area contributed by atoms with Crippen LogP contribution in [0.3, 0.4) is 0 Å². The predicted molar refractivity (Wildman–Crippen MR) is 152 cm³/mol. The van der Waals surface area contributed by atoms with Crippen molar-refractivity contribution < 1.29 is 57.7 Å². The first-order chi connectivity index (χ1) is 18.4. The fraction of sp³-hybridized carbons (Fsp3) is 0.667. The van der Waals surface area contributed by atoms with Crippen LogP contribution >= 0.6 is 45.2 Å².